The summed E-state index contributed by atoms with van der Waals surface area (Å²) in [7, 11) is 0. The number of hydrogen-bond acceptors (Lipinski definition) is 4. The third-order valence-corrected chi connectivity index (χ3v) is 0.900. The summed E-state index contributed by atoms with van der Waals surface area (Å²) >= 11 is 7.69. The fourth-order valence-electron chi connectivity index (χ4n) is 0. The monoisotopic (exact) mass is 214 g/mol. The lowest BCUT2D eigenvalue weighted by molar-refractivity contribution is -0.135. The van der Waals surface area contributed by atoms with E-state index in [9.17, 15) is 0 Å². The third kappa shape index (κ3) is 1760. The zero-order chi connectivity index (χ0) is 10.6. The van der Waals surface area contributed by atoms with Crippen LogP contribution in [0, 0.1) is 0 Å². The molecule has 0 saturated heterocycles. The molecule has 6 heteroatoms. The molecule has 0 heterocycles. The average molecular weight is 214 g/mol. The zero-order valence-corrected chi connectivity index (χ0v) is 8.81. The molecule has 0 radical (unpaired) electrons. The molecule has 0 aliphatic carbocycles. The summed E-state index contributed by atoms with van der Waals surface area (Å²) in [4.78, 5) is 18.0. The summed E-state index contributed by atoms with van der Waals surface area (Å²) in [5.74, 6) is 0.0895. The van der Waals surface area contributed by atoms with E-state index >= 15 is 0 Å². The Morgan fingerprint density at radius 2 is 1.08 bits per heavy atom. The molecule has 4 nitrogen and oxygen atoms in total. The molecule has 74 valence electrons. The Morgan fingerprint density at radius 1 is 1.00 bits per heavy atom. The Kier molecular flexibility index (Phi) is 24.9. The highest BCUT2D eigenvalue weighted by Gasteiger charge is 1.65. The molecule has 0 aromatic rings. The lowest BCUT2D eigenvalue weighted by Gasteiger charge is -1.67. The van der Waals surface area contributed by atoms with Gasteiger partial charge in [-0.15, -0.1) is 0 Å². The van der Waals surface area contributed by atoms with Crippen molar-refractivity contribution in [1.82, 2.24) is 0 Å². The Morgan fingerprint density at radius 3 is 1.08 bits per heavy atom. The molecule has 0 unspecified atom stereocenters. The topological polar surface area (TPSA) is 74.6 Å². The number of carboxylic acid groups (broad SMARTS) is 2. The Bertz CT molecular complexity index is 94.1. The summed E-state index contributed by atoms with van der Waals surface area (Å²) in [6, 6.07) is 0. The molecule has 0 spiro atoms. The second kappa shape index (κ2) is 16.9. The van der Waals surface area contributed by atoms with Crippen molar-refractivity contribution in [2.24, 2.45) is 0 Å². The highest BCUT2D eigenvalue weighted by atomic mass is 32.1. The van der Waals surface area contributed by atoms with Crippen molar-refractivity contribution in [3.05, 3.63) is 0 Å². The van der Waals surface area contributed by atoms with Gasteiger partial charge in [-0.3, -0.25) is 9.59 Å². The predicted octanol–water partition coefficient (Wildman–Crippen LogP) is 1.03. The van der Waals surface area contributed by atoms with Gasteiger partial charge in [0.1, 0.15) is 0 Å². The molecule has 0 aliphatic rings. The van der Waals surface area contributed by atoms with Crippen molar-refractivity contribution < 1.29 is 19.8 Å². The maximum atomic E-state index is 9.00. The van der Waals surface area contributed by atoms with Crippen LogP contribution in [0.4, 0.5) is 0 Å². The zero-order valence-electron chi connectivity index (χ0n) is 7.02. The van der Waals surface area contributed by atoms with Gasteiger partial charge in [0.25, 0.3) is 11.9 Å². The molecule has 0 amide bonds. The van der Waals surface area contributed by atoms with Gasteiger partial charge in [-0.05, 0) is 11.5 Å². The molecule has 0 bridgehead atoms. The smallest absolute Gasteiger partial charge is 0.300 e. The van der Waals surface area contributed by atoms with Crippen molar-refractivity contribution in [2.45, 2.75) is 13.8 Å². The second-order valence-electron chi connectivity index (χ2n) is 1.49. The lowest BCUT2D eigenvalue weighted by atomic mass is 10.9. The van der Waals surface area contributed by atoms with Crippen molar-refractivity contribution in [2.75, 3.05) is 11.5 Å². The van der Waals surface area contributed by atoms with E-state index in [1.807, 2.05) is 0 Å². The minimum Gasteiger partial charge on any atom is -0.481 e. The Labute approximate surface area is 82.8 Å². The number of carbonyl (C=O) groups is 2. The molecular formula is C6H14O4S2. The quantitative estimate of drug-likeness (QED) is 0.492. The van der Waals surface area contributed by atoms with Crippen LogP contribution in [0.3, 0.4) is 0 Å². The molecule has 0 aliphatic heterocycles. The Balaban J connectivity index is -0.000000101. The van der Waals surface area contributed by atoms with Crippen LogP contribution in [0.2, 0.25) is 0 Å². The van der Waals surface area contributed by atoms with Crippen LogP contribution in [0.1, 0.15) is 13.8 Å². The van der Waals surface area contributed by atoms with Gasteiger partial charge in [-0.2, -0.15) is 25.3 Å². The van der Waals surface area contributed by atoms with Crippen LogP contribution in [0.25, 0.3) is 0 Å². The Hall–Kier alpha value is -0.360. The molecule has 2 N–H and O–H groups in total. The van der Waals surface area contributed by atoms with E-state index in [2.05, 4.69) is 25.3 Å². The molecule has 0 atom stereocenters. The van der Waals surface area contributed by atoms with Gasteiger partial charge >= 0.3 is 0 Å². The van der Waals surface area contributed by atoms with Crippen LogP contribution in [-0.4, -0.2) is 33.7 Å². The molecule has 0 aromatic carbocycles. The summed E-state index contributed by atoms with van der Waals surface area (Å²) in [5.41, 5.74) is 0. The van der Waals surface area contributed by atoms with Gasteiger partial charge in [-0.1, -0.05) is 0 Å². The average Bonchev–Trinajstić information content (AvgIpc) is 1.85. The van der Waals surface area contributed by atoms with Crippen LogP contribution in [0.15, 0.2) is 0 Å². The highest BCUT2D eigenvalue weighted by molar-refractivity contribution is 7.84. The van der Waals surface area contributed by atoms with Crippen molar-refractivity contribution >= 4 is 37.2 Å². The molecule has 12 heavy (non-hydrogen) atoms. The minimum absolute atomic E-state index is 0.833. The first-order valence-electron chi connectivity index (χ1n) is 2.99. The first kappa shape index (κ1) is 17.7. The van der Waals surface area contributed by atoms with E-state index < -0.39 is 11.9 Å². The summed E-state index contributed by atoms with van der Waals surface area (Å²) in [5, 5.41) is 14.8. The maximum absolute atomic E-state index is 9.00. The van der Waals surface area contributed by atoms with E-state index in [-0.39, 0.29) is 0 Å². The third-order valence-electron chi connectivity index (χ3n) is 0.1000. The summed E-state index contributed by atoms with van der Waals surface area (Å²) < 4.78 is 0. The van der Waals surface area contributed by atoms with E-state index in [0.717, 1.165) is 25.4 Å². The number of rotatable bonds is 1. The van der Waals surface area contributed by atoms with Crippen molar-refractivity contribution in [1.29, 1.82) is 0 Å². The molecule has 0 saturated carbocycles. The normalized spacial score (nSPS) is 6.67. The molecular weight excluding hydrogens is 200 g/mol. The molecule has 0 aromatic heterocycles. The van der Waals surface area contributed by atoms with Crippen molar-refractivity contribution in [3.8, 4) is 0 Å². The van der Waals surface area contributed by atoms with Crippen LogP contribution in [-0.2, 0) is 9.59 Å². The summed E-state index contributed by atoms with van der Waals surface area (Å²) in [6.45, 7) is 2.17. The van der Waals surface area contributed by atoms with E-state index in [0.29, 0.717) is 0 Å². The number of carboxylic acids is 2. The number of thiol groups is 2. The van der Waals surface area contributed by atoms with Gasteiger partial charge < -0.3 is 10.2 Å². The maximum Gasteiger partial charge on any atom is 0.300 e. The van der Waals surface area contributed by atoms with Gasteiger partial charge in [0, 0.05) is 13.8 Å². The van der Waals surface area contributed by atoms with Gasteiger partial charge in [0.2, 0.25) is 0 Å². The second-order valence-corrected chi connectivity index (χ2v) is 2.38. The van der Waals surface area contributed by atoms with Gasteiger partial charge in [0.15, 0.2) is 0 Å². The first-order valence-corrected chi connectivity index (χ1v) is 4.25. The van der Waals surface area contributed by atoms with Gasteiger partial charge in [0.05, 0.1) is 0 Å². The standard InChI is InChI=1S/2C2H4O2.C2H6S2/c2*1-2(3)4;3-1-2-4/h2*1H3,(H,3,4);3-4H,1-2H2. The van der Waals surface area contributed by atoms with E-state index in [1.54, 1.807) is 0 Å². The fraction of sp³-hybridized carbons (Fsp3) is 0.667. The van der Waals surface area contributed by atoms with Crippen LogP contribution in [0.5, 0.6) is 0 Å². The van der Waals surface area contributed by atoms with Crippen molar-refractivity contribution in [3.63, 3.8) is 0 Å². The highest BCUT2D eigenvalue weighted by Crippen LogP contribution is 1.73. The van der Waals surface area contributed by atoms with Crippen LogP contribution >= 0.6 is 25.3 Å². The van der Waals surface area contributed by atoms with E-state index in [1.165, 1.54) is 0 Å². The molecule has 0 fully saturated rings. The lowest BCUT2D eigenvalue weighted by Crippen LogP contribution is -1.78. The number of aliphatic carboxylic acids is 2. The van der Waals surface area contributed by atoms with Gasteiger partial charge in [-0.25, -0.2) is 0 Å². The number of hydrogen-bond donors (Lipinski definition) is 4. The predicted molar refractivity (Wildman–Crippen MR) is 54.3 cm³/mol. The SMILES string of the molecule is CC(=O)O.CC(=O)O.SCCS. The molecule has 0 rings (SSSR count). The van der Waals surface area contributed by atoms with E-state index in [4.69, 9.17) is 19.8 Å². The fourth-order valence-corrected chi connectivity index (χ4v) is 0. The minimum atomic E-state index is -0.833. The largest absolute Gasteiger partial charge is 0.481 e. The van der Waals surface area contributed by atoms with Crippen LogP contribution < -0.4 is 0 Å². The summed E-state index contributed by atoms with van der Waals surface area (Å²) in [6.07, 6.45) is 0. The first-order chi connectivity index (χ1) is 5.38.